The summed E-state index contributed by atoms with van der Waals surface area (Å²) in [6.07, 6.45) is 5.66. The lowest BCUT2D eigenvalue weighted by molar-refractivity contribution is -0.228. The van der Waals surface area contributed by atoms with Gasteiger partial charge in [-0.3, -0.25) is 9.69 Å². The van der Waals surface area contributed by atoms with Gasteiger partial charge in [-0.05, 0) is 81.2 Å². The molecule has 1 saturated heterocycles. The fourth-order valence-corrected chi connectivity index (χ4v) is 8.57. The Hall–Kier alpha value is -2.83. The highest BCUT2D eigenvalue weighted by molar-refractivity contribution is 5.77. The Morgan fingerprint density at radius 1 is 1.24 bits per heavy atom. The van der Waals surface area contributed by atoms with Gasteiger partial charge >= 0.3 is 0 Å². The van der Waals surface area contributed by atoms with E-state index >= 15 is 0 Å². The van der Waals surface area contributed by atoms with E-state index < -0.39 is 16.6 Å². The number of phenols is 1. The van der Waals surface area contributed by atoms with Crippen LogP contribution >= 0.6 is 0 Å². The molecule has 6 rings (SSSR count). The van der Waals surface area contributed by atoms with E-state index in [1.54, 1.807) is 6.07 Å². The molecule has 0 aromatic heterocycles. The number of aryl methyl sites for hydroxylation is 3. The summed E-state index contributed by atoms with van der Waals surface area (Å²) in [4.78, 5) is 17.9. The van der Waals surface area contributed by atoms with Crippen LogP contribution in [0.15, 0.2) is 43.0 Å². The predicted molar refractivity (Wildman–Crippen MR) is 148 cm³/mol. The van der Waals surface area contributed by atoms with Crippen molar-refractivity contribution in [3.63, 3.8) is 0 Å². The zero-order chi connectivity index (χ0) is 27.0. The minimum atomic E-state index is -1.02. The summed E-state index contributed by atoms with van der Waals surface area (Å²) in [5.74, 6) is 0.698. The fraction of sp³-hybridized carbons (Fsp3) is 0.531. The maximum Gasteiger partial charge on any atom is 0.223 e. The smallest absolute Gasteiger partial charge is 0.223 e. The van der Waals surface area contributed by atoms with E-state index in [1.165, 1.54) is 16.7 Å². The highest BCUT2D eigenvalue weighted by Gasteiger charge is 2.78. The molecule has 38 heavy (non-hydrogen) atoms. The first kappa shape index (κ1) is 25.4. The standard InChI is InChI=1S/C32H40N2O4/c1-6-16-34-17-15-31-28-23-10-11-24(35)29(28)38-30(31,4)25(13-14-32(31,37)26(34)19-23)33(5)27(36)12-9-22-8-7-20(2)21(3)18-22/h6-8,10-11,18,25-26,35,37H,1,9,12-17,19H2,2-5H3/t25?,26-,30?,31+,32-/m1/s1. The number of aliphatic hydroxyl groups is 1. The van der Waals surface area contributed by atoms with Crippen LogP contribution in [0.4, 0.5) is 0 Å². The molecule has 2 aliphatic carbocycles. The topological polar surface area (TPSA) is 73.2 Å². The molecule has 1 saturated carbocycles. The molecular weight excluding hydrogens is 476 g/mol. The van der Waals surface area contributed by atoms with Crippen molar-refractivity contribution >= 4 is 5.91 Å². The number of rotatable bonds is 6. The first-order valence-electron chi connectivity index (χ1n) is 14.0. The van der Waals surface area contributed by atoms with E-state index in [0.717, 1.165) is 24.2 Å². The largest absolute Gasteiger partial charge is 0.504 e. The van der Waals surface area contributed by atoms with E-state index in [0.29, 0.717) is 44.3 Å². The van der Waals surface area contributed by atoms with Gasteiger partial charge in [-0.2, -0.15) is 0 Å². The number of carbonyl (C=O) groups excluding carboxylic acids is 1. The van der Waals surface area contributed by atoms with Gasteiger partial charge in [-0.1, -0.05) is 30.3 Å². The van der Waals surface area contributed by atoms with E-state index in [1.807, 2.05) is 24.1 Å². The lowest BCUT2D eigenvalue weighted by Gasteiger charge is -2.67. The second-order valence-electron chi connectivity index (χ2n) is 12.2. The van der Waals surface area contributed by atoms with Gasteiger partial charge in [0.05, 0.1) is 17.1 Å². The number of benzene rings is 2. The maximum absolute atomic E-state index is 13.6. The zero-order valence-electron chi connectivity index (χ0n) is 23.1. The summed E-state index contributed by atoms with van der Waals surface area (Å²) in [5, 5.41) is 23.6. The first-order valence-corrected chi connectivity index (χ1v) is 14.0. The number of carbonyl (C=O) groups is 1. The lowest BCUT2D eigenvalue weighted by Crippen LogP contribution is -2.82. The minimum Gasteiger partial charge on any atom is -0.504 e. The Morgan fingerprint density at radius 3 is 2.76 bits per heavy atom. The van der Waals surface area contributed by atoms with Crippen LogP contribution in [0.3, 0.4) is 0 Å². The van der Waals surface area contributed by atoms with Crippen molar-refractivity contribution in [1.82, 2.24) is 9.80 Å². The second kappa shape index (κ2) is 8.59. The summed E-state index contributed by atoms with van der Waals surface area (Å²) in [7, 11) is 1.89. The Labute approximate surface area is 225 Å². The second-order valence-corrected chi connectivity index (χ2v) is 12.2. The number of hydrogen-bond donors (Lipinski definition) is 2. The zero-order valence-corrected chi connectivity index (χ0v) is 23.1. The third kappa shape index (κ3) is 3.16. The molecule has 2 N–H and O–H groups in total. The quantitative estimate of drug-likeness (QED) is 0.563. The monoisotopic (exact) mass is 516 g/mol. The number of hydrogen-bond acceptors (Lipinski definition) is 5. The molecule has 5 atom stereocenters. The SMILES string of the molecule is C=CCN1CC[C@]23c4c5ccc(O)c4OC2(C)C(N(C)C(=O)CCc2ccc(C)c(C)c2)CC[C@@]3(O)[C@H]1C5. The summed E-state index contributed by atoms with van der Waals surface area (Å²) in [6.45, 7) is 11.8. The van der Waals surface area contributed by atoms with Crippen LogP contribution in [0.1, 0.15) is 60.4 Å². The normalized spacial score (nSPS) is 32.9. The molecule has 202 valence electrons. The van der Waals surface area contributed by atoms with Crippen LogP contribution in [0.25, 0.3) is 0 Å². The molecule has 2 unspecified atom stereocenters. The van der Waals surface area contributed by atoms with E-state index in [-0.39, 0.29) is 23.7 Å². The van der Waals surface area contributed by atoms with E-state index in [9.17, 15) is 15.0 Å². The van der Waals surface area contributed by atoms with Crippen molar-refractivity contribution in [3.05, 3.63) is 70.8 Å². The van der Waals surface area contributed by atoms with Crippen molar-refractivity contribution in [3.8, 4) is 11.5 Å². The van der Waals surface area contributed by atoms with Crippen LogP contribution in [0.2, 0.25) is 0 Å². The molecule has 2 aliphatic heterocycles. The number of aromatic hydroxyl groups is 1. The van der Waals surface area contributed by atoms with Gasteiger partial charge in [-0.25, -0.2) is 0 Å². The summed E-state index contributed by atoms with van der Waals surface area (Å²) in [6, 6.07) is 9.83. The van der Waals surface area contributed by atoms with E-state index in [2.05, 4.69) is 50.4 Å². The lowest BCUT2D eigenvalue weighted by atomic mass is 9.44. The Bertz CT molecular complexity index is 1320. The molecular formula is C32H40N2O4. The molecule has 6 nitrogen and oxygen atoms in total. The highest BCUT2D eigenvalue weighted by Crippen LogP contribution is 2.69. The first-order chi connectivity index (χ1) is 18.1. The molecule has 1 spiro atoms. The number of phenolic OH excluding ortho intramolecular Hbond substituents is 1. The van der Waals surface area contributed by atoms with Gasteiger partial charge in [-0.15, -0.1) is 6.58 Å². The minimum absolute atomic E-state index is 0.0631. The average molecular weight is 517 g/mol. The molecule has 2 heterocycles. The fourth-order valence-electron chi connectivity index (χ4n) is 8.57. The molecule has 0 radical (unpaired) electrons. The molecule has 2 aromatic carbocycles. The average Bonchev–Trinajstić information content (AvgIpc) is 3.16. The number of nitrogens with zero attached hydrogens (tertiary/aromatic N) is 2. The number of piperidine rings is 1. The highest BCUT2D eigenvalue weighted by atomic mass is 16.5. The Kier molecular flexibility index (Phi) is 5.75. The third-order valence-corrected chi connectivity index (χ3v) is 10.6. The number of ether oxygens (including phenoxy) is 1. The number of likely N-dealkylation sites (N-methyl/N-ethyl adjacent to an activating group) is 1. The Morgan fingerprint density at radius 2 is 2.03 bits per heavy atom. The van der Waals surface area contributed by atoms with Crippen LogP contribution in [0, 0.1) is 13.8 Å². The van der Waals surface area contributed by atoms with Crippen molar-refractivity contribution in [2.45, 2.75) is 88.0 Å². The van der Waals surface area contributed by atoms with Gasteiger partial charge in [0.25, 0.3) is 0 Å². The maximum atomic E-state index is 13.6. The molecule has 1 amide bonds. The molecule has 4 aliphatic rings. The van der Waals surface area contributed by atoms with Crippen molar-refractivity contribution in [2.24, 2.45) is 0 Å². The number of amides is 1. The molecule has 2 fully saturated rings. The van der Waals surface area contributed by atoms with Crippen molar-refractivity contribution in [2.75, 3.05) is 20.1 Å². The molecule has 6 heteroatoms. The van der Waals surface area contributed by atoms with Gasteiger partial charge in [0, 0.05) is 38.2 Å². The van der Waals surface area contributed by atoms with Gasteiger partial charge < -0.3 is 19.8 Å². The summed E-state index contributed by atoms with van der Waals surface area (Å²) in [5.41, 5.74) is 3.19. The summed E-state index contributed by atoms with van der Waals surface area (Å²) < 4.78 is 6.79. The van der Waals surface area contributed by atoms with Crippen molar-refractivity contribution < 1.29 is 19.7 Å². The Balaban J connectivity index is 1.36. The molecule has 2 aromatic rings. The predicted octanol–water partition coefficient (Wildman–Crippen LogP) is 4.20. The van der Waals surface area contributed by atoms with E-state index in [4.69, 9.17) is 4.74 Å². The number of likely N-dealkylation sites (tertiary alicyclic amines) is 1. The van der Waals surface area contributed by atoms with Gasteiger partial charge in [0.15, 0.2) is 11.5 Å². The molecule has 2 bridgehead atoms. The van der Waals surface area contributed by atoms with Crippen LogP contribution < -0.4 is 4.74 Å². The summed E-state index contributed by atoms with van der Waals surface area (Å²) >= 11 is 0. The van der Waals surface area contributed by atoms with Crippen LogP contribution in [-0.2, 0) is 23.1 Å². The van der Waals surface area contributed by atoms with Crippen LogP contribution in [-0.4, -0.2) is 69.3 Å². The van der Waals surface area contributed by atoms with Gasteiger partial charge in [0.2, 0.25) is 5.91 Å². The van der Waals surface area contributed by atoms with Crippen LogP contribution in [0.5, 0.6) is 11.5 Å². The van der Waals surface area contributed by atoms with Crippen molar-refractivity contribution in [1.29, 1.82) is 0 Å². The van der Waals surface area contributed by atoms with Gasteiger partial charge in [0.1, 0.15) is 5.60 Å². The third-order valence-electron chi connectivity index (χ3n) is 10.6.